The number of likely N-dealkylation sites (tertiary alicyclic amines) is 1. The Bertz CT molecular complexity index is 201. The van der Waals surface area contributed by atoms with Crippen LogP contribution >= 0.6 is 0 Å². The van der Waals surface area contributed by atoms with Gasteiger partial charge in [-0.3, -0.25) is 4.79 Å². The molecule has 0 aromatic heterocycles. The maximum absolute atomic E-state index is 10.5. The smallest absolute Gasteiger partial charge is 0.303 e. The minimum absolute atomic E-state index is 0.224. The molecule has 0 aromatic rings. The summed E-state index contributed by atoms with van der Waals surface area (Å²) in [5.74, 6) is -0.477. The van der Waals surface area contributed by atoms with Gasteiger partial charge in [-0.15, -0.1) is 0 Å². The number of carbonyl (C=O) groups is 1. The Morgan fingerprint density at radius 2 is 2.13 bits per heavy atom. The molecule has 1 saturated heterocycles. The highest BCUT2D eigenvalue weighted by Crippen LogP contribution is 2.09. The van der Waals surface area contributed by atoms with Crippen LogP contribution in [0, 0.1) is 5.92 Å². The second kappa shape index (κ2) is 6.08. The van der Waals surface area contributed by atoms with Gasteiger partial charge in [-0.1, -0.05) is 6.92 Å². The minimum Gasteiger partial charge on any atom is -0.481 e. The Morgan fingerprint density at radius 3 is 2.67 bits per heavy atom. The van der Waals surface area contributed by atoms with E-state index < -0.39 is 5.97 Å². The number of nitrogens with one attached hydrogen (secondary N) is 1. The molecule has 88 valence electrons. The molecule has 0 radical (unpaired) electrons. The number of aliphatic carboxylic acids is 1. The van der Waals surface area contributed by atoms with Gasteiger partial charge < -0.3 is 15.3 Å². The van der Waals surface area contributed by atoms with Crippen molar-refractivity contribution in [2.24, 2.45) is 5.92 Å². The molecule has 1 rings (SSSR count). The molecule has 0 aliphatic carbocycles. The number of nitrogens with zero attached hydrogens (tertiary/aromatic N) is 1. The third-order valence-corrected chi connectivity index (χ3v) is 3.00. The number of hydrogen-bond donors (Lipinski definition) is 2. The van der Waals surface area contributed by atoms with Gasteiger partial charge in [0.25, 0.3) is 0 Å². The average Bonchev–Trinajstić information content (AvgIpc) is 2.16. The standard InChI is InChI=1S/C11H22N2O2/c1-9(7-11(14)15)8-12-10-3-5-13(2)6-4-10/h9-10,12H,3-8H2,1-2H3,(H,14,15). The van der Waals surface area contributed by atoms with E-state index >= 15 is 0 Å². The zero-order valence-electron chi connectivity index (χ0n) is 9.70. The molecule has 1 aliphatic rings. The van der Waals surface area contributed by atoms with Gasteiger partial charge in [0.2, 0.25) is 0 Å². The third kappa shape index (κ3) is 5.14. The van der Waals surface area contributed by atoms with Crippen LogP contribution < -0.4 is 5.32 Å². The summed E-state index contributed by atoms with van der Waals surface area (Å²) in [5.41, 5.74) is 0. The maximum atomic E-state index is 10.5. The summed E-state index contributed by atoms with van der Waals surface area (Å²) in [6.07, 6.45) is 2.62. The van der Waals surface area contributed by atoms with Crippen LogP contribution in [0.1, 0.15) is 26.2 Å². The molecule has 1 heterocycles. The number of carboxylic acids is 1. The number of piperidine rings is 1. The molecule has 0 amide bonds. The Labute approximate surface area is 91.6 Å². The van der Waals surface area contributed by atoms with Gasteiger partial charge in [0, 0.05) is 12.5 Å². The highest BCUT2D eigenvalue weighted by Gasteiger charge is 2.17. The Kier molecular flexibility index (Phi) is 5.05. The predicted molar refractivity (Wildman–Crippen MR) is 59.9 cm³/mol. The van der Waals surface area contributed by atoms with E-state index in [1.165, 1.54) is 12.8 Å². The summed E-state index contributed by atoms with van der Waals surface area (Å²) in [6, 6.07) is 0.581. The van der Waals surface area contributed by atoms with Crippen LogP contribution in [0.25, 0.3) is 0 Å². The molecule has 1 atom stereocenters. The molecule has 0 spiro atoms. The summed E-state index contributed by atoms with van der Waals surface area (Å²) >= 11 is 0. The summed E-state index contributed by atoms with van der Waals surface area (Å²) in [6.45, 7) is 5.09. The van der Waals surface area contributed by atoms with Crippen LogP contribution in [-0.4, -0.2) is 48.7 Å². The van der Waals surface area contributed by atoms with Crippen molar-refractivity contribution in [1.82, 2.24) is 10.2 Å². The topological polar surface area (TPSA) is 52.6 Å². The van der Waals surface area contributed by atoms with Crippen LogP contribution in [0.15, 0.2) is 0 Å². The second-order valence-corrected chi connectivity index (χ2v) is 4.69. The van der Waals surface area contributed by atoms with E-state index in [1.54, 1.807) is 0 Å². The quantitative estimate of drug-likeness (QED) is 0.710. The third-order valence-electron chi connectivity index (χ3n) is 3.00. The molecular formula is C11H22N2O2. The first-order chi connectivity index (χ1) is 7.08. The van der Waals surface area contributed by atoms with Gasteiger partial charge in [-0.05, 0) is 45.4 Å². The zero-order valence-corrected chi connectivity index (χ0v) is 9.70. The van der Waals surface area contributed by atoms with Gasteiger partial charge >= 0.3 is 5.97 Å². The van der Waals surface area contributed by atoms with Gasteiger partial charge in [0.1, 0.15) is 0 Å². The van der Waals surface area contributed by atoms with Crippen molar-refractivity contribution in [3.8, 4) is 0 Å². The molecule has 0 saturated carbocycles. The SMILES string of the molecule is CC(CNC1CCN(C)CC1)CC(=O)O. The van der Waals surface area contributed by atoms with Crippen molar-refractivity contribution in [1.29, 1.82) is 0 Å². The summed E-state index contributed by atoms with van der Waals surface area (Å²) in [4.78, 5) is 12.8. The van der Waals surface area contributed by atoms with E-state index in [-0.39, 0.29) is 12.3 Å². The Balaban J connectivity index is 2.11. The monoisotopic (exact) mass is 214 g/mol. The van der Waals surface area contributed by atoms with Gasteiger partial charge in [0.05, 0.1) is 0 Å². The number of hydrogen-bond acceptors (Lipinski definition) is 3. The second-order valence-electron chi connectivity index (χ2n) is 4.69. The highest BCUT2D eigenvalue weighted by atomic mass is 16.4. The van der Waals surface area contributed by atoms with Crippen LogP contribution in [0.4, 0.5) is 0 Å². The van der Waals surface area contributed by atoms with Crippen LogP contribution in [0.3, 0.4) is 0 Å². The van der Waals surface area contributed by atoms with E-state index in [4.69, 9.17) is 5.11 Å². The van der Waals surface area contributed by atoms with Crippen LogP contribution in [0.2, 0.25) is 0 Å². The summed E-state index contributed by atoms with van der Waals surface area (Å²) in [5, 5.41) is 12.1. The van der Waals surface area contributed by atoms with Crippen LogP contribution in [-0.2, 0) is 4.79 Å². The molecule has 15 heavy (non-hydrogen) atoms. The maximum Gasteiger partial charge on any atom is 0.303 e. The number of rotatable bonds is 5. The normalized spacial score (nSPS) is 21.5. The predicted octanol–water partition coefficient (Wildman–Crippen LogP) is 0.781. The lowest BCUT2D eigenvalue weighted by atomic mass is 10.0. The Morgan fingerprint density at radius 1 is 1.53 bits per heavy atom. The van der Waals surface area contributed by atoms with Crippen molar-refractivity contribution in [3.63, 3.8) is 0 Å². The average molecular weight is 214 g/mol. The molecule has 1 unspecified atom stereocenters. The molecule has 2 N–H and O–H groups in total. The molecule has 0 aromatic carbocycles. The lowest BCUT2D eigenvalue weighted by Crippen LogP contribution is -2.42. The fraction of sp³-hybridized carbons (Fsp3) is 0.909. The zero-order chi connectivity index (χ0) is 11.3. The first-order valence-corrected chi connectivity index (χ1v) is 5.71. The first kappa shape index (κ1) is 12.5. The number of carboxylic acid groups (broad SMARTS) is 1. The highest BCUT2D eigenvalue weighted by molar-refractivity contribution is 5.66. The largest absolute Gasteiger partial charge is 0.481 e. The van der Waals surface area contributed by atoms with Gasteiger partial charge in [-0.2, -0.15) is 0 Å². The first-order valence-electron chi connectivity index (χ1n) is 5.71. The van der Waals surface area contributed by atoms with E-state index in [9.17, 15) is 4.79 Å². The Hall–Kier alpha value is -0.610. The van der Waals surface area contributed by atoms with Crippen LogP contribution in [0.5, 0.6) is 0 Å². The van der Waals surface area contributed by atoms with E-state index in [1.807, 2.05) is 6.92 Å². The van der Waals surface area contributed by atoms with E-state index in [0.29, 0.717) is 6.04 Å². The van der Waals surface area contributed by atoms with Crippen molar-refractivity contribution in [2.45, 2.75) is 32.2 Å². The molecule has 1 aliphatic heterocycles. The molecule has 1 fully saturated rings. The summed E-state index contributed by atoms with van der Waals surface area (Å²) < 4.78 is 0. The van der Waals surface area contributed by atoms with E-state index in [0.717, 1.165) is 19.6 Å². The van der Waals surface area contributed by atoms with Crippen molar-refractivity contribution in [2.75, 3.05) is 26.7 Å². The lowest BCUT2D eigenvalue weighted by molar-refractivity contribution is -0.137. The lowest BCUT2D eigenvalue weighted by Gasteiger charge is -2.30. The van der Waals surface area contributed by atoms with Crippen molar-refractivity contribution in [3.05, 3.63) is 0 Å². The summed E-state index contributed by atoms with van der Waals surface area (Å²) in [7, 11) is 2.14. The van der Waals surface area contributed by atoms with Gasteiger partial charge in [-0.25, -0.2) is 0 Å². The molecule has 0 bridgehead atoms. The fourth-order valence-corrected chi connectivity index (χ4v) is 1.95. The fourth-order valence-electron chi connectivity index (χ4n) is 1.95. The molecule has 4 nitrogen and oxygen atoms in total. The van der Waals surface area contributed by atoms with Crippen molar-refractivity contribution >= 4 is 5.97 Å². The van der Waals surface area contributed by atoms with E-state index in [2.05, 4.69) is 17.3 Å². The van der Waals surface area contributed by atoms with Gasteiger partial charge in [0.15, 0.2) is 0 Å². The van der Waals surface area contributed by atoms with Crippen molar-refractivity contribution < 1.29 is 9.90 Å². The molecule has 4 heteroatoms. The molecular weight excluding hydrogens is 192 g/mol. The minimum atomic E-state index is -0.701.